The van der Waals surface area contributed by atoms with Crippen LogP contribution in [0.4, 0.5) is 0 Å². The topological polar surface area (TPSA) is 60.0 Å². The van der Waals surface area contributed by atoms with Gasteiger partial charge in [0.15, 0.2) is 0 Å². The second kappa shape index (κ2) is 6.43. The largest absolute Gasteiger partial charge is 0.443 e. The quantitative estimate of drug-likeness (QED) is 0.867. The van der Waals surface area contributed by atoms with Crippen LogP contribution in [-0.4, -0.2) is 38.0 Å². The molecule has 3 heterocycles. The highest BCUT2D eigenvalue weighted by atomic mass is 16.4. The number of hydrogen-bond donors (Lipinski definition) is 0. The molecule has 0 bridgehead atoms. The van der Waals surface area contributed by atoms with Crippen molar-refractivity contribution in [3.05, 3.63) is 29.7 Å². The molecule has 1 atom stereocenters. The molecular formula is C17H27N5O. The first-order chi connectivity index (χ1) is 10.9. The monoisotopic (exact) mass is 317 g/mol. The van der Waals surface area contributed by atoms with Crippen LogP contribution in [-0.2, 0) is 12.0 Å². The number of hydrogen-bond acceptors (Lipinski definition) is 5. The van der Waals surface area contributed by atoms with Gasteiger partial charge in [-0.1, -0.05) is 32.4 Å². The first kappa shape index (κ1) is 16.2. The fourth-order valence-corrected chi connectivity index (χ4v) is 2.86. The summed E-state index contributed by atoms with van der Waals surface area (Å²) < 4.78 is 7.76. The Kier molecular flexibility index (Phi) is 4.53. The Morgan fingerprint density at radius 1 is 1.22 bits per heavy atom. The van der Waals surface area contributed by atoms with Crippen LogP contribution in [0.3, 0.4) is 0 Å². The van der Waals surface area contributed by atoms with E-state index < -0.39 is 0 Å². The Morgan fingerprint density at radius 2 is 1.96 bits per heavy atom. The van der Waals surface area contributed by atoms with Crippen LogP contribution in [0.1, 0.15) is 70.3 Å². The molecule has 0 saturated carbocycles. The van der Waals surface area contributed by atoms with Gasteiger partial charge in [0.05, 0.1) is 18.1 Å². The van der Waals surface area contributed by atoms with Gasteiger partial charge < -0.3 is 4.42 Å². The van der Waals surface area contributed by atoms with Crippen molar-refractivity contribution in [3.8, 4) is 0 Å². The van der Waals surface area contributed by atoms with Crippen molar-refractivity contribution >= 4 is 0 Å². The second-order valence-corrected chi connectivity index (χ2v) is 7.52. The molecule has 3 rings (SSSR count). The molecule has 6 nitrogen and oxygen atoms in total. The average Bonchev–Trinajstić information content (AvgIpc) is 3.16. The van der Waals surface area contributed by atoms with Gasteiger partial charge in [-0.3, -0.25) is 4.90 Å². The lowest BCUT2D eigenvalue weighted by molar-refractivity contribution is 0.218. The third kappa shape index (κ3) is 3.80. The summed E-state index contributed by atoms with van der Waals surface area (Å²) in [4.78, 5) is 6.87. The summed E-state index contributed by atoms with van der Waals surface area (Å²) in [6, 6.07) is -0.0475. The first-order valence-electron chi connectivity index (χ1n) is 8.53. The number of likely N-dealkylation sites (tertiary alicyclic amines) is 1. The van der Waals surface area contributed by atoms with Crippen molar-refractivity contribution in [3.63, 3.8) is 0 Å². The molecule has 23 heavy (non-hydrogen) atoms. The zero-order valence-corrected chi connectivity index (χ0v) is 14.6. The van der Waals surface area contributed by atoms with Crippen molar-refractivity contribution in [1.29, 1.82) is 0 Å². The normalized spacial score (nSPS) is 18.3. The molecule has 2 aromatic rings. The third-order valence-corrected chi connectivity index (χ3v) is 4.41. The van der Waals surface area contributed by atoms with Gasteiger partial charge in [-0.15, -0.1) is 5.10 Å². The average molecular weight is 317 g/mol. The molecule has 0 N–H and O–H groups in total. The van der Waals surface area contributed by atoms with Gasteiger partial charge in [0.1, 0.15) is 11.8 Å². The van der Waals surface area contributed by atoms with Crippen LogP contribution >= 0.6 is 0 Å². The minimum atomic E-state index is -0.0475. The number of aromatic nitrogens is 4. The summed E-state index contributed by atoms with van der Waals surface area (Å²) in [5.41, 5.74) is 0.980. The molecule has 126 valence electrons. The molecule has 2 aromatic heterocycles. The molecule has 0 aromatic carbocycles. The molecule has 0 amide bonds. The van der Waals surface area contributed by atoms with Crippen LogP contribution < -0.4 is 0 Å². The number of nitrogens with zero attached hydrogens (tertiary/aromatic N) is 5. The first-order valence-corrected chi connectivity index (χ1v) is 8.53. The van der Waals surface area contributed by atoms with Crippen molar-refractivity contribution in [2.24, 2.45) is 0 Å². The molecule has 0 radical (unpaired) electrons. The maximum Gasteiger partial charge on any atom is 0.219 e. The molecule has 1 saturated heterocycles. The van der Waals surface area contributed by atoms with Gasteiger partial charge in [0.2, 0.25) is 5.89 Å². The zero-order chi connectivity index (χ0) is 16.4. The number of oxazole rings is 1. The molecule has 1 aliphatic heterocycles. The standard InChI is InChI=1S/C17H27N5O/c1-13(16-18-10-15(23-16)17(2,3)4)22-12-14(19-20-22)11-21-8-6-5-7-9-21/h10,12-13H,5-9,11H2,1-4H3. The smallest absolute Gasteiger partial charge is 0.219 e. The maximum atomic E-state index is 5.91. The van der Waals surface area contributed by atoms with E-state index in [1.807, 2.05) is 24.0 Å². The second-order valence-electron chi connectivity index (χ2n) is 7.52. The molecule has 0 aliphatic carbocycles. The van der Waals surface area contributed by atoms with Crippen LogP contribution in [0.5, 0.6) is 0 Å². The van der Waals surface area contributed by atoms with Crippen LogP contribution in [0.2, 0.25) is 0 Å². The summed E-state index contributed by atoms with van der Waals surface area (Å²) in [5.74, 6) is 1.58. The lowest BCUT2D eigenvalue weighted by Crippen LogP contribution is -2.29. The number of piperidine rings is 1. The minimum absolute atomic E-state index is 0.0350. The third-order valence-electron chi connectivity index (χ3n) is 4.41. The Hall–Kier alpha value is -1.69. The van der Waals surface area contributed by atoms with Crippen molar-refractivity contribution in [2.45, 2.75) is 65.0 Å². The predicted octanol–water partition coefficient (Wildman–Crippen LogP) is 3.16. The van der Waals surface area contributed by atoms with Gasteiger partial charge in [-0.25, -0.2) is 9.67 Å². The van der Waals surface area contributed by atoms with Crippen molar-refractivity contribution < 1.29 is 4.42 Å². The van der Waals surface area contributed by atoms with Gasteiger partial charge in [0, 0.05) is 12.0 Å². The van der Waals surface area contributed by atoms with E-state index in [1.165, 1.54) is 19.3 Å². The van der Waals surface area contributed by atoms with E-state index in [-0.39, 0.29) is 11.5 Å². The van der Waals surface area contributed by atoms with Gasteiger partial charge >= 0.3 is 0 Å². The summed E-state index contributed by atoms with van der Waals surface area (Å²) in [5, 5.41) is 8.58. The van der Waals surface area contributed by atoms with E-state index in [1.54, 1.807) is 0 Å². The minimum Gasteiger partial charge on any atom is -0.443 e. The van der Waals surface area contributed by atoms with Gasteiger partial charge in [0.25, 0.3) is 0 Å². The molecule has 1 aliphatic rings. The van der Waals surface area contributed by atoms with Crippen LogP contribution in [0.25, 0.3) is 0 Å². The molecule has 0 spiro atoms. The fraction of sp³-hybridized carbons (Fsp3) is 0.706. The summed E-state index contributed by atoms with van der Waals surface area (Å²) >= 11 is 0. The maximum absolute atomic E-state index is 5.91. The Balaban J connectivity index is 1.68. The van der Waals surface area contributed by atoms with E-state index in [4.69, 9.17) is 4.42 Å². The van der Waals surface area contributed by atoms with Crippen LogP contribution in [0.15, 0.2) is 16.8 Å². The van der Waals surface area contributed by atoms with E-state index in [0.717, 1.165) is 31.1 Å². The highest BCUT2D eigenvalue weighted by molar-refractivity contribution is 5.08. The summed E-state index contributed by atoms with van der Waals surface area (Å²) in [7, 11) is 0. The molecule has 1 fully saturated rings. The highest BCUT2D eigenvalue weighted by Gasteiger charge is 2.23. The zero-order valence-electron chi connectivity index (χ0n) is 14.6. The summed E-state index contributed by atoms with van der Waals surface area (Å²) in [6.45, 7) is 11.6. The molecule has 6 heteroatoms. The van der Waals surface area contributed by atoms with Gasteiger partial charge in [-0.2, -0.15) is 0 Å². The van der Waals surface area contributed by atoms with E-state index in [9.17, 15) is 0 Å². The molecular weight excluding hydrogens is 290 g/mol. The predicted molar refractivity (Wildman–Crippen MR) is 88.2 cm³/mol. The fourth-order valence-electron chi connectivity index (χ4n) is 2.86. The summed E-state index contributed by atoms with van der Waals surface area (Å²) in [6.07, 6.45) is 7.75. The SMILES string of the molecule is CC(c1ncc(C(C)(C)C)o1)n1cc(CN2CCCCC2)nn1. The number of rotatable bonds is 4. The molecule has 1 unspecified atom stereocenters. The van der Waals surface area contributed by atoms with E-state index in [2.05, 4.69) is 41.0 Å². The van der Waals surface area contributed by atoms with E-state index in [0.29, 0.717) is 5.89 Å². The Bertz CT molecular complexity index is 633. The van der Waals surface area contributed by atoms with Crippen molar-refractivity contribution in [2.75, 3.05) is 13.1 Å². The van der Waals surface area contributed by atoms with E-state index >= 15 is 0 Å². The Labute approximate surface area is 137 Å². The highest BCUT2D eigenvalue weighted by Crippen LogP contribution is 2.26. The Morgan fingerprint density at radius 3 is 2.61 bits per heavy atom. The lowest BCUT2D eigenvalue weighted by atomic mass is 9.94. The van der Waals surface area contributed by atoms with Crippen molar-refractivity contribution in [1.82, 2.24) is 24.9 Å². The lowest BCUT2D eigenvalue weighted by Gasteiger charge is -2.25. The van der Waals surface area contributed by atoms with Gasteiger partial charge in [-0.05, 0) is 32.9 Å². The van der Waals surface area contributed by atoms with Crippen LogP contribution in [0, 0.1) is 0 Å².